The minimum Gasteiger partial charge on any atom is -0.507 e. The van der Waals surface area contributed by atoms with E-state index in [-0.39, 0.29) is 11.3 Å². The topological polar surface area (TPSA) is 94.8 Å². The number of phenolic OH excluding ortho intramolecular Hbond substituents is 1. The molecule has 15 heavy (non-hydrogen) atoms. The van der Waals surface area contributed by atoms with Gasteiger partial charge in [0.2, 0.25) is 0 Å². The third kappa shape index (κ3) is 2.78. The fourth-order valence-electron chi connectivity index (χ4n) is 1.08. The van der Waals surface area contributed by atoms with E-state index in [0.29, 0.717) is 0 Å². The van der Waals surface area contributed by atoms with Gasteiger partial charge in [0.25, 0.3) is 0 Å². The molecule has 0 fully saturated rings. The zero-order valence-electron chi connectivity index (χ0n) is 7.75. The highest BCUT2D eigenvalue weighted by molar-refractivity contribution is 6.00. The minimum absolute atomic E-state index is 0.0119. The van der Waals surface area contributed by atoms with Crippen molar-refractivity contribution in [3.63, 3.8) is 0 Å². The molecular weight excluding hydrogens is 200 g/mol. The Kier molecular flexibility index (Phi) is 3.41. The molecule has 5 nitrogen and oxygen atoms in total. The van der Waals surface area contributed by atoms with Crippen molar-refractivity contribution in [2.75, 3.05) is 0 Å². The van der Waals surface area contributed by atoms with Gasteiger partial charge in [-0.3, -0.25) is 4.79 Å². The number of carboxylic acid groups (broad SMARTS) is 1. The van der Waals surface area contributed by atoms with Crippen LogP contribution in [0.25, 0.3) is 0 Å². The molecule has 0 aromatic heterocycles. The van der Waals surface area contributed by atoms with Gasteiger partial charge in [-0.2, -0.15) is 0 Å². The maximum atomic E-state index is 11.4. The maximum absolute atomic E-state index is 11.4. The molecule has 0 aliphatic carbocycles. The molecule has 0 amide bonds. The average Bonchev–Trinajstić information content (AvgIpc) is 2.18. The highest BCUT2D eigenvalue weighted by atomic mass is 16.4. The van der Waals surface area contributed by atoms with E-state index in [1.165, 1.54) is 12.1 Å². The van der Waals surface area contributed by atoms with Crippen LogP contribution in [-0.4, -0.2) is 33.2 Å². The van der Waals surface area contributed by atoms with Gasteiger partial charge in [-0.05, 0) is 12.1 Å². The summed E-state index contributed by atoms with van der Waals surface area (Å²) in [6.07, 6.45) is -2.29. The van der Waals surface area contributed by atoms with E-state index < -0.39 is 24.3 Å². The van der Waals surface area contributed by atoms with Gasteiger partial charge in [-0.1, -0.05) is 12.1 Å². The second kappa shape index (κ2) is 4.56. The number of carbonyl (C=O) groups is 2. The number of aliphatic carboxylic acids is 1. The summed E-state index contributed by atoms with van der Waals surface area (Å²) in [5, 5.41) is 26.6. The van der Waals surface area contributed by atoms with Crippen molar-refractivity contribution in [3.8, 4) is 5.75 Å². The Morgan fingerprint density at radius 1 is 1.27 bits per heavy atom. The summed E-state index contributed by atoms with van der Waals surface area (Å²) in [5.41, 5.74) is 0.0119. The predicted octanol–water partition coefficient (Wildman–Crippen LogP) is 0.411. The lowest BCUT2D eigenvalue weighted by Crippen LogP contribution is -2.23. The van der Waals surface area contributed by atoms with Crippen molar-refractivity contribution in [2.45, 2.75) is 12.5 Å². The molecule has 1 rings (SSSR count). The van der Waals surface area contributed by atoms with E-state index in [1.807, 2.05) is 0 Å². The summed E-state index contributed by atoms with van der Waals surface area (Å²) >= 11 is 0. The van der Waals surface area contributed by atoms with Gasteiger partial charge in [0.1, 0.15) is 5.75 Å². The summed E-state index contributed by atoms with van der Waals surface area (Å²) in [5.74, 6) is -2.29. The lowest BCUT2D eigenvalue weighted by atomic mass is 10.0. The molecule has 0 heterocycles. The summed E-state index contributed by atoms with van der Waals surface area (Å²) < 4.78 is 0. The first-order valence-electron chi connectivity index (χ1n) is 4.24. The van der Waals surface area contributed by atoms with Crippen molar-refractivity contribution < 1.29 is 24.9 Å². The number of hydrogen-bond acceptors (Lipinski definition) is 4. The molecule has 0 aliphatic rings. The minimum atomic E-state index is -1.74. The van der Waals surface area contributed by atoms with Crippen LogP contribution in [0.2, 0.25) is 0 Å². The number of hydrogen-bond donors (Lipinski definition) is 3. The molecule has 0 saturated carbocycles. The first kappa shape index (κ1) is 11.2. The Bertz CT molecular complexity index is 385. The van der Waals surface area contributed by atoms with Crippen LogP contribution in [0.15, 0.2) is 24.3 Å². The summed E-state index contributed by atoms with van der Waals surface area (Å²) in [6, 6.07) is 5.77. The Labute approximate surface area is 85.6 Å². The van der Waals surface area contributed by atoms with E-state index in [9.17, 15) is 14.7 Å². The van der Waals surface area contributed by atoms with Gasteiger partial charge in [-0.25, -0.2) is 4.79 Å². The van der Waals surface area contributed by atoms with Crippen LogP contribution in [0.1, 0.15) is 16.8 Å². The smallest absolute Gasteiger partial charge is 0.332 e. The van der Waals surface area contributed by atoms with Crippen molar-refractivity contribution >= 4 is 11.8 Å². The number of phenols is 1. The highest BCUT2D eigenvalue weighted by Crippen LogP contribution is 2.18. The Morgan fingerprint density at radius 2 is 1.87 bits per heavy atom. The van der Waals surface area contributed by atoms with Gasteiger partial charge in [-0.15, -0.1) is 0 Å². The molecule has 0 saturated heterocycles. The van der Waals surface area contributed by atoms with Crippen LogP contribution < -0.4 is 0 Å². The van der Waals surface area contributed by atoms with Crippen molar-refractivity contribution in [1.29, 1.82) is 0 Å². The number of aliphatic hydroxyl groups excluding tert-OH is 1. The Balaban J connectivity index is 2.78. The van der Waals surface area contributed by atoms with Crippen LogP contribution in [0, 0.1) is 0 Å². The second-order valence-corrected chi connectivity index (χ2v) is 3.00. The summed E-state index contributed by atoms with van der Waals surface area (Å²) in [7, 11) is 0. The van der Waals surface area contributed by atoms with Crippen LogP contribution in [0.5, 0.6) is 5.75 Å². The fraction of sp³-hybridized carbons (Fsp3) is 0.200. The second-order valence-electron chi connectivity index (χ2n) is 3.00. The van der Waals surface area contributed by atoms with Crippen LogP contribution in [0.3, 0.4) is 0 Å². The average molecular weight is 210 g/mol. The normalized spacial score (nSPS) is 12.1. The number of para-hydroxylation sites is 1. The molecule has 0 bridgehead atoms. The number of ketones is 1. The number of rotatable bonds is 4. The molecule has 1 atom stereocenters. The highest BCUT2D eigenvalue weighted by Gasteiger charge is 2.20. The van der Waals surface area contributed by atoms with Gasteiger partial charge in [0.15, 0.2) is 11.9 Å². The monoisotopic (exact) mass is 210 g/mol. The van der Waals surface area contributed by atoms with Crippen molar-refractivity contribution in [1.82, 2.24) is 0 Å². The van der Waals surface area contributed by atoms with Crippen molar-refractivity contribution in [3.05, 3.63) is 29.8 Å². The van der Waals surface area contributed by atoms with Gasteiger partial charge in [0, 0.05) is 6.42 Å². The number of carboxylic acids is 1. The largest absolute Gasteiger partial charge is 0.507 e. The third-order valence-corrected chi connectivity index (χ3v) is 1.87. The summed E-state index contributed by atoms with van der Waals surface area (Å²) in [6.45, 7) is 0. The molecule has 5 heteroatoms. The van der Waals surface area contributed by atoms with E-state index in [4.69, 9.17) is 10.2 Å². The lowest BCUT2D eigenvalue weighted by Gasteiger charge is -2.05. The molecule has 0 radical (unpaired) electrons. The van der Waals surface area contributed by atoms with Crippen molar-refractivity contribution in [2.24, 2.45) is 0 Å². The lowest BCUT2D eigenvalue weighted by molar-refractivity contribution is -0.146. The molecule has 1 aromatic carbocycles. The molecule has 1 aromatic rings. The summed E-state index contributed by atoms with van der Waals surface area (Å²) in [4.78, 5) is 21.7. The SMILES string of the molecule is O=C(CC(O)C(=O)O)c1ccccc1O. The van der Waals surface area contributed by atoms with Crippen LogP contribution >= 0.6 is 0 Å². The van der Waals surface area contributed by atoms with Gasteiger partial charge in [0.05, 0.1) is 5.56 Å². The number of aliphatic hydroxyl groups is 1. The number of carbonyl (C=O) groups excluding carboxylic acids is 1. The molecule has 0 spiro atoms. The van der Waals surface area contributed by atoms with E-state index in [1.54, 1.807) is 12.1 Å². The Morgan fingerprint density at radius 3 is 2.40 bits per heavy atom. The van der Waals surface area contributed by atoms with E-state index >= 15 is 0 Å². The van der Waals surface area contributed by atoms with Crippen LogP contribution in [-0.2, 0) is 4.79 Å². The molecule has 1 unspecified atom stereocenters. The van der Waals surface area contributed by atoms with E-state index in [2.05, 4.69) is 0 Å². The zero-order valence-corrected chi connectivity index (χ0v) is 7.75. The van der Waals surface area contributed by atoms with E-state index in [0.717, 1.165) is 0 Å². The predicted molar refractivity (Wildman–Crippen MR) is 50.7 cm³/mol. The number of aromatic hydroxyl groups is 1. The molecule has 0 aliphatic heterocycles. The molecular formula is C10H10O5. The maximum Gasteiger partial charge on any atom is 0.332 e. The Hall–Kier alpha value is -1.88. The fourth-order valence-corrected chi connectivity index (χ4v) is 1.08. The van der Waals surface area contributed by atoms with Gasteiger partial charge < -0.3 is 15.3 Å². The third-order valence-electron chi connectivity index (χ3n) is 1.87. The first-order chi connectivity index (χ1) is 7.02. The first-order valence-corrected chi connectivity index (χ1v) is 4.24. The molecule has 80 valence electrons. The molecule has 3 N–H and O–H groups in total. The zero-order chi connectivity index (χ0) is 11.4. The quantitative estimate of drug-likeness (QED) is 0.625. The number of benzene rings is 1. The number of Topliss-reactive ketones (excluding diaryl/α,β-unsaturated/α-hetero) is 1. The van der Waals surface area contributed by atoms with Gasteiger partial charge >= 0.3 is 5.97 Å². The standard InChI is InChI=1S/C10H10O5/c11-7-4-2-1-3-6(7)8(12)5-9(13)10(14)15/h1-4,9,11,13H,5H2,(H,14,15). The van der Waals surface area contributed by atoms with Crippen LogP contribution in [0.4, 0.5) is 0 Å².